The van der Waals surface area contributed by atoms with E-state index in [-0.39, 0.29) is 23.3 Å². The number of hydrogen-bond donors (Lipinski definition) is 1. The van der Waals surface area contributed by atoms with Gasteiger partial charge in [0.1, 0.15) is 5.75 Å². The zero-order chi connectivity index (χ0) is 15.8. The quantitative estimate of drug-likeness (QED) is 0.803. The largest absolute Gasteiger partial charge is 0.434 e. The van der Waals surface area contributed by atoms with Gasteiger partial charge in [-0.3, -0.25) is 4.79 Å². The lowest BCUT2D eigenvalue weighted by atomic mass is 10.1. The topological polar surface area (TPSA) is 55.6 Å². The Balaban J connectivity index is 3.08. The molecule has 0 bridgehead atoms. The second-order valence-corrected chi connectivity index (χ2v) is 4.63. The molecule has 1 rings (SSSR count). The summed E-state index contributed by atoms with van der Waals surface area (Å²) in [5.74, 6) is -0.434. The fraction of sp³-hybridized carbons (Fsp3) is 0.533. The zero-order valence-electron chi connectivity index (χ0n) is 12.4. The maximum absolute atomic E-state index is 12.6. The zero-order valence-corrected chi connectivity index (χ0v) is 12.4. The molecule has 0 aromatic heterocycles. The minimum absolute atomic E-state index is 0.0284. The van der Waals surface area contributed by atoms with Crippen LogP contribution in [-0.4, -0.2) is 36.5 Å². The summed E-state index contributed by atoms with van der Waals surface area (Å²) >= 11 is 0. The number of amides is 1. The number of carbonyl (C=O) groups is 1. The first-order valence-electron chi connectivity index (χ1n) is 7.09. The number of hydrogen-bond acceptors (Lipinski definition) is 3. The lowest BCUT2D eigenvalue weighted by Crippen LogP contribution is -2.42. The van der Waals surface area contributed by atoms with Crippen LogP contribution < -0.4 is 10.5 Å². The van der Waals surface area contributed by atoms with Crippen LogP contribution in [0.2, 0.25) is 0 Å². The van der Waals surface area contributed by atoms with E-state index in [1.165, 1.54) is 12.1 Å². The molecule has 0 radical (unpaired) electrons. The van der Waals surface area contributed by atoms with Crippen LogP contribution >= 0.6 is 0 Å². The maximum Gasteiger partial charge on any atom is 0.387 e. The second kappa shape index (κ2) is 8.56. The van der Waals surface area contributed by atoms with Crippen molar-refractivity contribution >= 4 is 5.91 Å². The van der Waals surface area contributed by atoms with Crippen molar-refractivity contribution in [2.24, 2.45) is 5.73 Å². The van der Waals surface area contributed by atoms with Crippen molar-refractivity contribution < 1.29 is 18.3 Å². The van der Waals surface area contributed by atoms with Gasteiger partial charge in [0.15, 0.2) is 0 Å². The van der Waals surface area contributed by atoms with E-state index in [4.69, 9.17) is 5.73 Å². The van der Waals surface area contributed by atoms with Crippen LogP contribution in [0.3, 0.4) is 0 Å². The molecule has 0 aliphatic rings. The van der Waals surface area contributed by atoms with E-state index in [1.807, 2.05) is 13.8 Å². The van der Waals surface area contributed by atoms with E-state index in [1.54, 1.807) is 17.0 Å². The first kappa shape index (κ1) is 17.4. The van der Waals surface area contributed by atoms with Crippen LogP contribution in [0.1, 0.15) is 37.0 Å². The lowest BCUT2D eigenvalue weighted by Gasteiger charge is -2.30. The Bertz CT molecular complexity index is 451. The predicted octanol–water partition coefficient (Wildman–Crippen LogP) is 2.88. The number of carbonyl (C=O) groups excluding carboxylic acids is 1. The number of rotatable bonds is 8. The molecule has 1 aromatic rings. The third-order valence-corrected chi connectivity index (χ3v) is 3.35. The molecule has 118 valence electrons. The van der Waals surface area contributed by atoms with E-state index in [2.05, 4.69) is 4.74 Å². The molecule has 1 amide bonds. The van der Waals surface area contributed by atoms with Gasteiger partial charge in [-0.2, -0.15) is 8.78 Å². The molecule has 0 spiro atoms. The van der Waals surface area contributed by atoms with E-state index in [0.717, 1.165) is 12.8 Å². The normalized spacial score (nSPS) is 11.0. The molecule has 0 saturated heterocycles. The lowest BCUT2D eigenvalue weighted by molar-refractivity contribution is -0.0503. The predicted molar refractivity (Wildman–Crippen MR) is 77.5 cm³/mol. The molecule has 0 saturated carbocycles. The summed E-state index contributed by atoms with van der Waals surface area (Å²) in [6.07, 6.45) is 1.56. The van der Waals surface area contributed by atoms with Gasteiger partial charge in [0.05, 0.1) is 5.56 Å². The highest BCUT2D eigenvalue weighted by Gasteiger charge is 2.24. The SMILES string of the molecule is CCC(CC)N(CCN)C(=O)c1ccccc1OC(F)F. The van der Waals surface area contributed by atoms with Crippen molar-refractivity contribution in [3.05, 3.63) is 29.8 Å². The fourth-order valence-electron chi connectivity index (χ4n) is 2.32. The van der Waals surface area contributed by atoms with Gasteiger partial charge in [0, 0.05) is 19.1 Å². The van der Waals surface area contributed by atoms with Gasteiger partial charge in [-0.15, -0.1) is 0 Å². The van der Waals surface area contributed by atoms with Crippen molar-refractivity contribution in [2.45, 2.75) is 39.3 Å². The average molecular weight is 300 g/mol. The number of nitrogens with two attached hydrogens (primary N) is 1. The van der Waals surface area contributed by atoms with E-state index >= 15 is 0 Å². The summed E-state index contributed by atoms with van der Waals surface area (Å²) in [6, 6.07) is 6.07. The standard InChI is InChI=1S/C15H22F2N2O2/c1-3-11(4-2)19(10-9-18)14(20)12-7-5-6-8-13(12)21-15(16)17/h5-8,11,15H,3-4,9-10,18H2,1-2H3. The van der Waals surface area contributed by atoms with Gasteiger partial charge in [0.2, 0.25) is 0 Å². The van der Waals surface area contributed by atoms with Crippen LogP contribution in [0.15, 0.2) is 24.3 Å². The number of nitrogens with zero attached hydrogens (tertiary/aromatic N) is 1. The summed E-state index contributed by atoms with van der Waals surface area (Å²) in [5, 5.41) is 0. The molecule has 1 aromatic carbocycles. The minimum atomic E-state index is -2.96. The van der Waals surface area contributed by atoms with Crippen molar-refractivity contribution in [3.8, 4) is 5.75 Å². The molecule has 6 heteroatoms. The smallest absolute Gasteiger partial charge is 0.387 e. The number of alkyl halides is 2. The first-order valence-corrected chi connectivity index (χ1v) is 7.09. The van der Waals surface area contributed by atoms with Crippen LogP contribution in [-0.2, 0) is 0 Å². The van der Waals surface area contributed by atoms with Crippen LogP contribution in [0, 0.1) is 0 Å². The number of halogens is 2. The number of para-hydroxylation sites is 1. The van der Waals surface area contributed by atoms with E-state index < -0.39 is 6.61 Å². The summed E-state index contributed by atoms with van der Waals surface area (Å²) < 4.78 is 29.3. The maximum atomic E-state index is 12.6. The van der Waals surface area contributed by atoms with Gasteiger partial charge < -0.3 is 15.4 Å². The van der Waals surface area contributed by atoms with E-state index in [0.29, 0.717) is 13.1 Å². The Morgan fingerprint density at radius 3 is 2.43 bits per heavy atom. The van der Waals surface area contributed by atoms with Gasteiger partial charge in [0.25, 0.3) is 5.91 Å². The van der Waals surface area contributed by atoms with Crippen molar-refractivity contribution in [2.75, 3.05) is 13.1 Å². The summed E-state index contributed by atoms with van der Waals surface area (Å²) in [5.41, 5.74) is 5.70. The van der Waals surface area contributed by atoms with Crippen molar-refractivity contribution in [1.82, 2.24) is 4.90 Å². The Kier molecular flexibility index (Phi) is 7.08. The molecule has 0 aliphatic heterocycles. The monoisotopic (exact) mass is 300 g/mol. The molecule has 0 fully saturated rings. The van der Waals surface area contributed by atoms with Gasteiger partial charge >= 0.3 is 6.61 Å². The van der Waals surface area contributed by atoms with Gasteiger partial charge in [-0.1, -0.05) is 26.0 Å². The van der Waals surface area contributed by atoms with Crippen molar-refractivity contribution in [3.63, 3.8) is 0 Å². The minimum Gasteiger partial charge on any atom is -0.434 e. The molecular formula is C15H22F2N2O2. The summed E-state index contributed by atoms with van der Waals surface area (Å²) in [7, 11) is 0. The highest BCUT2D eigenvalue weighted by molar-refractivity contribution is 5.97. The van der Waals surface area contributed by atoms with Crippen LogP contribution in [0.5, 0.6) is 5.75 Å². The third kappa shape index (κ3) is 4.67. The molecule has 0 heterocycles. The second-order valence-electron chi connectivity index (χ2n) is 4.63. The van der Waals surface area contributed by atoms with Crippen LogP contribution in [0.4, 0.5) is 8.78 Å². The highest BCUT2D eigenvalue weighted by atomic mass is 19.3. The average Bonchev–Trinajstić information content (AvgIpc) is 2.47. The van der Waals surface area contributed by atoms with Gasteiger partial charge in [-0.05, 0) is 25.0 Å². The number of ether oxygens (including phenoxy) is 1. The molecule has 2 N–H and O–H groups in total. The Morgan fingerprint density at radius 1 is 1.29 bits per heavy atom. The molecular weight excluding hydrogens is 278 g/mol. The molecule has 21 heavy (non-hydrogen) atoms. The molecule has 0 aliphatic carbocycles. The molecule has 0 atom stereocenters. The number of benzene rings is 1. The summed E-state index contributed by atoms with van der Waals surface area (Å²) in [6.45, 7) is 1.70. The van der Waals surface area contributed by atoms with E-state index in [9.17, 15) is 13.6 Å². The summed E-state index contributed by atoms with van der Waals surface area (Å²) in [4.78, 5) is 14.3. The fourth-order valence-corrected chi connectivity index (χ4v) is 2.32. The van der Waals surface area contributed by atoms with Crippen molar-refractivity contribution in [1.29, 1.82) is 0 Å². The Labute approximate surface area is 123 Å². The molecule has 4 nitrogen and oxygen atoms in total. The first-order chi connectivity index (χ1) is 10.0. The van der Waals surface area contributed by atoms with Crippen LogP contribution in [0.25, 0.3) is 0 Å². The highest BCUT2D eigenvalue weighted by Crippen LogP contribution is 2.23. The Hall–Kier alpha value is -1.69. The Morgan fingerprint density at radius 2 is 1.90 bits per heavy atom. The van der Waals surface area contributed by atoms with Gasteiger partial charge in [-0.25, -0.2) is 0 Å². The third-order valence-electron chi connectivity index (χ3n) is 3.35. The molecule has 0 unspecified atom stereocenters.